The molecule has 130 valence electrons. The number of fused-ring (bicyclic) bond motifs is 1. The van der Waals surface area contributed by atoms with Gasteiger partial charge in [0.05, 0.1) is 5.56 Å². The van der Waals surface area contributed by atoms with Crippen molar-refractivity contribution in [2.24, 2.45) is 0 Å². The molecule has 0 spiro atoms. The molecule has 4 aromatic rings. The van der Waals surface area contributed by atoms with Crippen LogP contribution >= 0.6 is 11.3 Å². The van der Waals surface area contributed by atoms with Crippen molar-refractivity contribution in [1.82, 2.24) is 14.6 Å². The lowest BCUT2D eigenvalue weighted by Gasteiger charge is -2.04. The third kappa shape index (κ3) is 2.91. The summed E-state index contributed by atoms with van der Waals surface area (Å²) in [6.07, 6.45) is 1.67. The van der Waals surface area contributed by atoms with Crippen LogP contribution in [0, 0.1) is 6.92 Å². The molecule has 0 aliphatic carbocycles. The third-order valence-electron chi connectivity index (χ3n) is 3.60. The lowest BCUT2D eigenvalue weighted by molar-refractivity contribution is -0.131. The van der Waals surface area contributed by atoms with E-state index in [2.05, 4.69) is 10.1 Å². The fourth-order valence-electron chi connectivity index (χ4n) is 2.50. The van der Waals surface area contributed by atoms with E-state index in [0.29, 0.717) is 32.4 Å². The first-order valence-electron chi connectivity index (χ1n) is 7.77. The summed E-state index contributed by atoms with van der Waals surface area (Å²) in [5, 5.41) is 4.28. The van der Waals surface area contributed by atoms with Gasteiger partial charge in [-0.2, -0.15) is 9.50 Å². The molecule has 0 atom stereocenters. The van der Waals surface area contributed by atoms with Crippen molar-refractivity contribution in [2.75, 3.05) is 0 Å². The van der Waals surface area contributed by atoms with Crippen molar-refractivity contribution in [2.45, 2.75) is 13.8 Å². The number of carbonyl (C=O) groups excluding carboxylic acids is 1. The fraction of sp³-hybridized carbons (Fsp3) is 0.111. The van der Waals surface area contributed by atoms with Crippen LogP contribution in [0.25, 0.3) is 22.4 Å². The summed E-state index contributed by atoms with van der Waals surface area (Å²) in [6, 6.07) is 10.6. The molecule has 3 heterocycles. The van der Waals surface area contributed by atoms with Crippen LogP contribution in [-0.2, 0) is 4.79 Å². The van der Waals surface area contributed by atoms with Crippen LogP contribution in [0.4, 0.5) is 0 Å². The van der Waals surface area contributed by atoms with Gasteiger partial charge in [-0.1, -0.05) is 23.5 Å². The first-order valence-corrected chi connectivity index (χ1v) is 8.58. The van der Waals surface area contributed by atoms with E-state index in [-0.39, 0.29) is 5.56 Å². The molecule has 0 aliphatic rings. The Kier molecular flexibility index (Phi) is 3.89. The molecule has 0 saturated heterocycles. The van der Waals surface area contributed by atoms with Gasteiger partial charge in [0.15, 0.2) is 5.82 Å². The number of ether oxygens (including phenoxy) is 1. The maximum atomic E-state index is 12.6. The third-order valence-corrected chi connectivity index (χ3v) is 4.56. The highest BCUT2D eigenvalue weighted by Crippen LogP contribution is 2.27. The predicted molar refractivity (Wildman–Crippen MR) is 96.1 cm³/mol. The van der Waals surface area contributed by atoms with Gasteiger partial charge in [-0.25, -0.2) is 0 Å². The second kappa shape index (κ2) is 6.23. The van der Waals surface area contributed by atoms with Crippen LogP contribution in [0.3, 0.4) is 0 Å². The van der Waals surface area contributed by atoms with Crippen LogP contribution in [-0.4, -0.2) is 20.6 Å². The number of aromatic nitrogens is 3. The minimum Gasteiger partial charge on any atom is -0.462 e. The Morgan fingerprint density at radius 3 is 2.77 bits per heavy atom. The number of hydrogen-bond acceptors (Lipinski definition) is 7. The largest absolute Gasteiger partial charge is 0.462 e. The lowest BCUT2D eigenvalue weighted by atomic mass is 10.2. The molecule has 26 heavy (non-hydrogen) atoms. The van der Waals surface area contributed by atoms with Crippen LogP contribution < -0.4 is 14.8 Å². The topological polar surface area (TPSA) is 86.7 Å². The van der Waals surface area contributed by atoms with Crippen LogP contribution in [0.1, 0.15) is 18.4 Å². The van der Waals surface area contributed by atoms with Gasteiger partial charge in [0, 0.05) is 13.0 Å². The van der Waals surface area contributed by atoms with Crippen molar-refractivity contribution in [3.8, 4) is 17.1 Å². The monoisotopic (exact) mass is 367 g/mol. The number of carbonyl (C=O) groups is 1. The zero-order chi connectivity index (χ0) is 18.3. The van der Waals surface area contributed by atoms with Crippen LogP contribution in [0.5, 0.6) is 5.75 Å². The summed E-state index contributed by atoms with van der Waals surface area (Å²) in [5.41, 5.74) is 0.271. The normalized spacial score (nSPS) is 12.0. The maximum absolute atomic E-state index is 12.6. The molecular weight excluding hydrogens is 354 g/mol. The van der Waals surface area contributed by atoms with Gasteiger partial charge in [0.1, 0.15) is 21.8 Å². The summed E-state index contributed by atoms with van der Waals surface area (Å²) in [5.74, 6) is 1.61. The van der Waals surface area contributed by atoms with Gasteiger partial charge in [0.2, 0.25) is 4.96 Å². The fourth-order valence-corrected chi connectivity index (χ4v) is 3.39. The molecule has 0 saturated carbocycles. The number of hydrogen-bond donors (Lipinski definition) is 0. The van der Waals surface area contributed by atoms with E-state index in [1.54, 1.807) is 36.4 Å². The zero-order valence-electron chi connectivity index (χ0n) is 13.9. The van der Waals surface area contributed by atoms with Crippen LogP contribution in [0.2, 0.25) is 0 Å². The van der Waals surface area contributed by atoms with E-state index < -0.39 is 5.97 Å². The maximum Gasteiger partial charge on any atom is 0.308 e. The summed E-state index contributed by atoms with van der Waals surface area (Å²) in [6.45, 7) is 3.16. The van der Waals surface area contributed by atoms with Gasteiger partial charge in [0.25, 0.3) is 5.56 Å². The molecule has 1 aromatic carbocycles. The molecule has 0 unspecified atom stereocenters. The Labute approximate surface area is 151 Å². The van der Waals surface area contributed by atoms with E-state index in [4.69, 9.17) is 9.15 Å². The number of thiazole rings is 1. The summed E-state index contributed by atoms with van der Waals surface area (Å²) in [4.78, 5) is 28.7. The predicted octanol–water partition coefficient (Wildman–Crippen LogP) is 2.19. The van der Waals surface area contributed by atoms with Gasteiger partial charge in [-0.05, 0) is 31.2 Å². The zero-order valence-corrected chi connectivity index (χ0v) is 14.7. The van der Waals surface area contributed by atoms with Gasteiger partial charge in [-0.15, -0.1) is 5.10 Å². The van der Waals surface area contributed by atoms with Crippen molar-refractivity contribution < 1.29 is 13.9 Å². The number of nitrogens with zero attached hydrogens (tertiary/aromatic N) is 3. The van der Waals surface area contributed by atoms with E-state index >= 15 is 0 Å². The standard InChI is InChI=1S/C18H13N3O4S/c1-10-7-8-12(24-10)9-15-17(23)21-18(26-15)19-16(20-21)13-5-3-4-6-14(13)25-11(2)22/h3-9H,1-2H3/b15-9-. The van der Waals surface area contributed by atoms with Gasteiger partial charge in [-0.3, -0.25) is 9.59 Å². The number of aryl methyl sites for hydroxylation is 1. The van der Waals surface area contributed by atoms with Crippen LogP contribution in [0.15, 0.2) is 45.6 Å². The highest BCUT2D eigenvalue weighted by Gasteiger charge is 2.16. The Morgan fingerprint density at radius 1 is 1.27 bits per heavy atom. The average molecular weight is 367 g/mol. The first-order chi connectivity index (χ1) is 12.5. The molecule has 0 bridgehead atoms. The van der Waals surface area contributed by atoms with Crippen molar-refractivity contribution in [3.63, 3.8) is 0 Å². The van der Waals surface area contributed by atoms with Crippen molar-refractivity contribution in [1.29, 1.82) is 0 Å². The minimum absolute atomic E-state index is 0.275. The van der Waals surface area contributed by atoms with E-state index in [9.17, 15) is 9.59 Å². The van der Waals surface area contributed by atoms with Gasteiger partial charge < -0.3 is 9.15 Å². The number of rotatable bonds is 3. The molecular formula is C18H13N3O4S. The SMILES string of the molecule is CC(=O)Oc1ccccc1-c1nc2s/c(=C\c3ccc(C)o3)c(=O)n2n1. The Balaban J connectivity index is 1.80. The molecule has 3 aromatic heterocycles. The molecule has 0 amide bonds. The molecule has 0 radical (unpaired) electrons. The molecule has 8 heteroatoms. The van der Waals surface area contributed by atoms with Gasteiger partial charge >= 0.3 is 5.97 Å². The number of esters is 1. The molecule has 0 aliphatic heterocycles. The second-order valence-electron chi connectivity index (χ2n) is 5.58. The summed E-state index contributed by atoms with van der Waals surface area (Å²) in [7, 11) is 0. The Morgan fingerprint density at radius 2 is 2.08 bits per heavy atom. The minimum atomic E-state index is -0.436. The van der Waals surface area contributed by atoms with E-state index in [0.717, 1.165) is 5.76 Å². The number of para-hydroxylation sites is 1. The summed E-state index contributed by atoms with van der Waals surface area (Å²) < 4.78 is 12.4. The van der Waals surface area contributed by atoms with E-state index in [1.807, 2.05) is 13.0 Å². The molecule has 0 fully saturated rings. The Bertz CT molecular complexity index is 1240. The average Bonchev–Trinajstić information content (AvgIpc) is 3.26. The molecule has 4 rings (SSSR count). The second-order valence-corrected chi connectivity index (χ2v) is 6.59. The smallest absolute Gasteiger partial charge is 0.308 e. The Hall–Kier alpha value is -3.26. The quantitative estimate of drug-likeness (QED) is 0.407. The lowest BCUT2D eigenvalue weighted by Crippen LogP contribution is -2.23. The molecule has 7 nitrogen and oxygen atoms in total. The number of benzene rings is 1. The van der Waals surface area contributed by atoms with Crippen molar-refractivity contribution >= 4 is 28.3 Å². The highest BCUT2D eigenvalue weighted by molar-refractivity contribution is 7.15. The first kappa shape index (κ1) is 16.2. The number of furan rings is 1. The summed E-state index contributed by atoms with van der Waals surface area (Å²) >= 11 is 1.22. The van der Waals surface area contributed by atoms with Crippen molar-refractivity contribution in [3.05, 3.63) is 62.8 Å². The highest BCUT2D eigenvalue weighted by atomic mass is 32.1. The molecule has 0 N–H and O–H groups in total. The van der Waals surface area contributed by atoms with E-state index in [1.165, 1.54) is 22.8 Å².